The molecule has 0 aliphatic rings. The molecule has 0 aliphatic heterocycles. The van der Waals surface area contributed by atoms with Crippen LogP contribution in [0.2, 0.25) is 0 Å². The Morgan fingerprint density at radius 3 is 1.86 bits per heavy atom. The summed E-state index contributed by atoms with van der Waals surface area (Å²) in [5.74, 6) is 1.53. The van der Waals surface area contributed by atoms with Crippen molar-refractivity contribution in [2.45, 2.75) is 53.4 Å². The van der Waals surface area contributed by atoms with Crippen LogP contribution < -0.4 is 0 Å². The van der Waals surface area contributed by atoms with Crippen LogP contribution in [0.3, 0.4) is 0 Å². The zero-order chi connectivity index (χ0) is 11.1. The lowest BCUT2D eigenvalue weighted by atomic mass is 9.97. The highest BCUT2D eigenvalue weighted by molar-refractivity contribution is 5.94. The van der Waals surface area contributed by atoms with Gasteiger partial charge in [0.25, 0.3) is 0 Å². The minimum absolute atomic E-state index is 0.263. The molecular weight excluding hydrogens is 172 g/mol. The summed E-state index contributed by atoms with van der Waals surface area (Å²) >= 11 is 0. The van der Waals surface area contributed by atoms with Crippen molar-refractivity contribution in [1.82, 2.24) is 0 Å². The van der Waals surface area contributed by atoms with E-state index in [0.29, 0.717) is 18.3 Å². The number of allylic oxidation sites excluding steroid dienone is 1. The van der Waals surface area contributed by atoms with Crippen molar-refractivity contribution in [3.63, 3.8) is 0 Å². The van der Waals surface area contributed by atoms with Crippen molar-refractivity contribution in [1.29, 1.82) is 0 Å². The number of Topliss-reactive ketones (excluding diaryl/α,β-unsaturated/α-hetero) is 1. The summed E-state index contributed by atoms with van der Waals surface area (Å²) in [6.07, 6.45) is 3.61. The molecule has 0 spiro atoms. The molecule has 0 fully saturated rings. The highest BCUT2D eigenvalue weighted by Gasteiger charge is 2.08. The van der Waals surface area contributed by atoms with Gasteiger partial charge in [-0.1, -0.05) is 34.3 Å². The van der Waals surface area contributed by atoms with E-state index in [4.69, 9.17) is 0 Å². The van der Waals surface area contributed by atoms with E-state index in [0.717, 1.165) is 24.8 Å². The van der Waals surface area contributed by atoms with Gasteiger partial charge in [-0.25, -0.2) is 0 Å². The molecule has 0 N–H and O–H groups in total. The van der Waals surface area contributed by atoms with E-state index in [9.17, 15) is 4.79 Å². The minimum atomic E-state index is 0.263. The third-order valence-corrected chi connectivity index (χ3v) is 2.37. The summed E-state index contributed by atoms with van der Waals surface area (Å²) in [6.45, 7) is 12.5. The second-order valence-corrected chi connectivity index (χ2v) is 4.89. The van der Waals surface area contributed by atoms with Crippen LogP contribution in [0.1, 0.15) is 53.4 Å². The maximum atomic E-state index is 11.6. The van der Waals surface area contributed by atoms with Gasteiger partial charge in [0.15, 0.2) is 5.78 Å². The largest absolute Gasteiger partial charge is 0.295 e. The first-order valence-electron chi connectivity index (χ1n) is 5.64. The lowest BCUT2D eigenvalue weighted by Crippen LogP contribution is -2.04. The van der Waals surface area contributed by atoms with E-state index in [1.807, 2.05) is 0 Å². The van der Waals surface area contributed by atoms with E-state index in [1.54, 1.807) is 0 Å². The number of carbonyl (C=O) groups is 1. The lowest BCUT2D eigenvalue weighted by molar-refractivity contribution is -0.116. The van der Waals surface area contributed by atoms with Crippen LogP contribution in [0.5, 0.6) is 0 Å². The van der Waals surface area contributed by atoms with E-state index in [-0.39, 0.29) is 5.78 Å². The van der Waals surface area contributed by atoms with Gasteiger partial charge in [-0.3, -0.25) is 4.79 Å². The van der Waals surface area contributed by atoms with E-state index < -0.39 is 0 Å². The molecule has 0 saturated carbocycles. The minimum Gasteiger partial charge on any atom is -0.295 e. The summed E-state index contributed by atoms with van der Waals surface area (Å²) in [6, 6.07) is 0. The van der Waals surface area contributed by atoms with Crippen molar-refractivity contribution in [3.05, 3.63) is 12.2 Å². The summed E-state index contributed by atoms with van der Waals surface area (Å²) in [5.41, 5.74) is 0.819. The Labute approximate surface area is 88.6 Å². The van der Waals surface area contributed by atoms with Gasteiger partial charge in [-0.05, 0) is 36.7 Å². The average molecular weight is 196 g/mol. The van der Waals surface area contributed by atoms with Gasteiger partial charge < -0.3 is 0 Å². The van der Waals surface area contributed by atoms with Gasteiger partial charge in [0.05, 0.1) is 0 Å². The SMILES string of the molecule is C=C(CCC(C)C)C(=O)CCC(C)C. The van der Waals surface area contributed by atoms with Crippen LogP contribution in [0.25, 0.3) is 0 Å². The molecule has 1 heteroatoms. The van der Waals surface area contributed by atoms with Crippen LogP contribution in [0.15, 0.2) is 12.2 Å². The lowest BCUT2D eigenvalue weighted by Gasteiger charge is -2.08. The number of hydrogen-bond acceptors (Lipinski definition) is 1. The van der Waals surface area contributed by atoms with Gasteiger partial charge in [0.1, 0.15) is 0 Å². The Morgan fingerprint density at radius 1 is 1.00 bits per heavy atom. The van der Waals surface area contributed by atoms with Gasteiger partial charge >= 0.3 is 0 Å². The monoisotopic (exact) mass is 196 g/mol. The summed E-state index contributed by atoms with van der Waals surface area (Å²) in [7, 11) is 0. The summed E-state index contributed by atoms with van der Waals surface area (Å²) < 4.78 is 0. The topological polar surface area (TPSA) is 17.1 Å². The maximum Gasteiger partial charge on any atom is 0.158 e. The number of hydrogen-bond donors (Lipinski definition) is 0. The Morgan fingerprint density at radius 2 is 1.43 bits per heavy atom. The van der Waals surface area contributed by atoms with Crippen molar-refractivity contribution in [2.24, 2.45) is 11.8 Å². The van der Waals surface area contributed by atoms with Crippen LogP contribution in [0, 0.1) is 11.8 Å². The third kappa shape index (κ3) is 6.88. The second-order valence-electron chi connectivity index (χ2n) is 4.89. The average Bonchev–Trinajstić information content (AvgIpc) is 2.09. The van der Waals surface area contributed by atoms with Crippen molar-refractivity contribution in [2.75, 3.05) is 0 Å². The molecule has 14 heavy (non-hydrogen) atoms. The first-order valence-corrected chi connectivity index (χ1v) is 5.64. The van der Waals surface area contributed by atoms with Crippen molar-refractivity contribution in [3.8, 4) is 0 Å². The van der Waals surface area contributed by atoms with Gasteiger partial charge in [0.2, 0.25) is 0 Å². The zero-order valence-electron chi connectivity index (χ0n) is 10.1. The molecule has 0 amide bonds. The van der Waals surface area contributed by atoms with Crippen LogP contribution in [0.4, 0.5) is 0 Å². The number of rotatable bonds is 7. The first-order chi connectivity index (χ1) is 6.43. The predicted molar refractivity (Wildman–Crippen MR) is 62.3 cm³/mol. The van der Waals surface area contributed by atoms with Crippen LogP contribution in [-0.2, 0) is 4.79 Å². The Bertz CT molecular complexity index is 167. The fourth-order valence-electron chi connectivity index (χ4n) is 1.20. The van der Waals surface area contributed by atoms with E-state index in [2.05, 4.69) is 34.3 Å². The molecular formula is C13H24O. The summed E-state index contributed by atoms with van der Waals surface area (Å²) in [5, 5.41) is 0. The molecule has 0 bridgehead atoms. The highest BCUT2D eigenvalue weighted by atomic mass is 16.1. The van der Waals surface area contributed by atoms with Gasteiger partial charge in [-0.2, -0.15) is 0 Å². The highest BCUT2D eigenvalue weighted by Crippen LogP contribution is 2.14. The Balaban J connectivity index is 3.71. The molecule has 0 aromatic rings. The maximum absolute atomic E-state index is 11.6. The standard InChI is InChI=1S/C13H24O/c1-10(2)6-8-12(5)13(14)9-7-11(3)4/h10-11H,5-9H2,1-4H3. The quantitative estimate of drug-likeness (QED) is 0.563. The normalized spacial score (nSPS) is 11.0. The second kappa shape index (κ2) is 6.80. The number of ketones is 1. The first kappa shape index (κ1) is 13.4. The molecule has 1 nitrogen and oxygen atoms in total. The molecule has 0 radical (unpaired) electrons. The molecule has 0 aromatic carbocycles. The molecule has 0 unspecified atom stereocenters. The smallest absolute Gasteiger partial charge is 0.158 e. The van der Waals surface area contributed by atoms with E-state index >= 15 is 0 Å². The van der Waals surface area contributed by atoms with Gasteiger partial charge in [-0.15, -0.1) is 0 Å². The molecule has 0 saturated heterocycles. The fourth-order valence-corrected chi connectivity index (χ4v) is 1.20. The van der Waals surface area contributed by atoms with E-state index in [1.165, 1.54) is 0 Å². The van der Waals surface area contributed by atoms with Crippen molar-refractivity contribution >= 4 is 5.78 Å². The molecule has 0 atom stereocenters. The van der Waals surface area contributed by atoms with Crippen LogP contribution >= 0.6 is 0 Å². The molecule has 82 valence electrons. The Kier molecular flexibility index (Phi) is 6.52. The van der Waals surface area contributed by atoms with Crippen molar-refractivity contribution < 1.29 is 4.79 Å². The Hall–Kier alpha value is -0.590. The predicted octanol–water partition coefficient (Wildman–Crippen LogP) is 3.98. The fraction of sp³-hybridized carbons (Fsp3) is 0.769. The molecule has 0 aromatic heterocycles. The summed E-state index contributed by atoms with van der Waals surface area (Å²) in [4.78, 5) is 11.6. The zero-order valence-corrected chi connectivity index (χ0v) is 10.1. The third-order valence-electron chi connectivity index (χ3n) is 2.37. The van der Waals surface area contributed by atoms with Gasteiger partial charge in [0, 0.05) is 6.42 Å². The molecule has 0 aliphatic carbocycles. The number of carbonyl (C=O) groups excluding carboxylic acids is 1. The molecule has 0 rings (SSSR count). The molecule has 0 heterocycles. The van der Waals surface area contributed by atoms with Crippen LogP contribution in [-0.4, -0.2) is 5.78 Å².